The third-order valence-electron chi connectivity index (χ3n) is 5.49. The Morgan fingerprint density at radius 1 is 1.17 bits per heavy atom. The average Bonchev–Trinajstić information content (AvgIpc) is 2.76. The van der Waals surface area contributed by atoms with Gasteiger partial charge in [0, 0.05) is 18.3 Å². The highest BCUT2D eigenvalue weighted by Gasteiger charge is 2.51. The van der Waals surface area contributed by atoms with Crippen molar-refractivity contribution < 1.29 is 9.59 Å². The number of likely N-dealkylation sites (tertiary alicyclic amines) is 1. The van der Waals surface area contributed by atoms with Crippen molar-refractivity contribution in [3.63, 3.8) is 0 Å². The van der Waals surface area contributed by atoms with Gasteiger partial charge in [-0.3, -0.25) is 9.59 Å². The van der Waals surface area contributed by atoms with E-state index in [9.17, 15) is 9.59 Å². The zero-order valence-electron chi connectivity index (χ0n) is 15.2. The van der Waals surface area contributed by atoms with E-state index < -0.39 is 5.91 Å². The molecule has 2 unspecified atom stereocenters. The van der Waals surface area contributed by atoms with Crippen molar-refractivity contribution in [1.29, 1.82) is 0 Å². The second-order valence-corrected chi connectivity index (χ2v) is 8.65. The van der Waals surface area contributed by atoms with E-state index in [2.05, 4.69) is 33.0 Å². The Morgan fingerprint density at radius 2 is 1.83 bits per heavy atom. The fraction of sp³-hybridized carbons (Fsp3) is 0.600. The molecule has 2 bridgehead atoms. The highest BCUT2D eigenvalue weighted by atomic mass is 16.2. The minimum Gasteiger partial charge on any atom is -0.331 e. The number of anilines is 1. The first kappa shape index (κ1) is 17.0. The van der Waals surface area contributed by atoms with Crippen molar-refractivity contribution in [2.75, 3.05) is 11.9 Å². The summed E-state index contributed by atoms with van der Waals surface area (Å²) in [6, 6.07) is 7.87. The highest BCUT2D eigenvalue weighted by Crippen LogP contribution is 2.52. The predicted molar refractivity (Wildman–Crippen MR) is 95.7 cm³/mol. The normalized spacial score (nSPS) is 27.8. The van der Waals surface area contributed by atoms with Crippen LogP contribution in [0.2, 0.25) is 0 Å². The van der Waals surface area contributed by atoms with Gasteiger partial charge in [-0.2, -0.15) is 0 Å². The van der Waals surface area contributed by atoms with Crippen molar-refractivity contribution in [3.05, 3.63) is 29.8 Å². The Hall–Kier alpha value is -1.84. The van der Waals surface area contributed by atoms with Gasteiger partial charge in [-0.25, -0.2) is 0 Å². The number of hydrogen-bond donors (Lipinski definition) is 1. The van der Waals surface area contributed by atoms with Crippen LogP contribution in [0, 0.1) is 10.8 Å². The summed E-state index contributed by atoms with van der Waals surface area (Å²) in [5, 5.41) is 2.75. The first-order chi connectivity index (χ1) is 11.2. The number of benzene rings is 1. The van der Waals surface area contributed by atoms with Crippen LogP contribution in [0.5, 0.6) is 0 Å². The lowest BCUT2D eigenvalue weighted by Gasteiger charge is -2.39. The molecule has 2 amide bonds. The first-order valence-corrected chi connectivity index (χ1v) is 8.92. The summed E-state index contributed by atoms with van der Waals surface area (Å²) in [5.74, 6) is -0.908. The Kier molecular flexibility index (Phi) is 4.18. The molecule has 4 nitrogen and oxygen atoms in total. The molecule has 2 fully saturated rings. The SMILES string of the molecule is CCc1ccc(NC(=O)C(=O)N2CC3(C)CC2CC(C)(C)C3)cc1. The first-order valence-electron chi connectivity index (χ1n) is 8.92. The summed E-state index contributed by atoms with van der Waals surface area (Å²) in [6.45, 7) is 9.56. The van der Waals surface area contributed by atoms with E-state index in [4.69, 9.17) is 0 Å². The highest BCUT2D eigenvalue weighted by molar-refractivity contribution is 6.39. The quantitative estimate of drug-likeness (QED) is 0.843. The molecule has 0 aromatic heterocycles. The molecule has 130 valence electrons. The summed E-state index contributed by atoms with van der Waals surface area (Å²) in [4.78, 5) is 26.9. The number of nitrogens with one attached hydrogen (secondary N) is 1. The number of amides is 2. The van der Waals surface area contributed by atoms with Gasteiger partial charge in [0.2, 0.25) is 0 Å². The maximum absolute atomic E-state index is 12.7. The molecule has 1 saturated heterocycles. The summed E-state index contributed by atoms with van der Waals surface area (Å²) in [6.07, 6.45) is 4.06. The van der Waals surface area contributed by atoms with E-state index in [1.807, 2.05) is 29.2 Å². The molecule has 1 N–H and O–H groups in total. The minimum absolute atomic E-state index is 0.144. The molecule has 0 spiro atoms. The van der Waals surface area contributed by atoms with E-state index in [-0.39, 0.29) is 22.8 Å². The largest absolute Gasteiger partial charge is 0.331 e. The van der Waals surface area contributed by atoms with Gasteiger partial charge in [0.05, 0.1) is 0 Å². The number of rotatable bonds is 2. The molecular formula is C20H28N2O2. The molecule has 1 aromatic rings. The average molecular weight is 328 g/mol. The van der Waals surface area contributed by atoms with Crippen molar-refractivity contribution in [1.82, 2.24) is 4.90 Å². The molecule has 1 aromatic carbocycles. The van der Waals surface area contributed by atoms with Gasteiger partial charge >= 0.3 is 11.8 Å². The summed E-state index contributed by atoms with van der Waals surface area (Å²) in [5.41, 5.74) is 2.27. The third kappa shape index (κ3) is 3.33. The second kappa shape index (κ2) is 5.91. The molecule has 3 rings (SSSR count). The predicted octanol–water partition coefficient (Wildman–Crippen LogP) is 3.61. The number of aryl methyl sites for hydroxylation is 1. The fourth-order valence-electron chi connectivity index (χ4n) is 4.84. The van der Waals surface area contributed by atoms with Crippen LogP contribution in [0.15, 0.2) is 24.3 Å². The molecule has 1 heterocycles. The van der Waals surface area contributed by atoms with Gasteiger partial charge in [0.25, 0.3) is 0 Å². The molecule has 1 aliphatic carbocycles. The molecule has 2 aliphatic rings. The van der Waals surface area contributed by atoms with Crippen LogP contribution < -0.4 is 5.32 Å². The van der Waals surface area contributed by atoms with Gasteiger partial charge in [0.1, 0.15) is 0 Å². The lowest BCUT2D eigenvalue weighted by molar-refractivity contribution is -0.144. The van der Waals surface area contributed by atoms with E-state index in [1.165, 1.54) is 5.56 Å². The van der Waals surface area contributed by atoms with Crippen molar-refractivity contribution in [2.24, 2.45) is 10.8 Å². The monoisotopic (exact) mass is 328 g/mol. The Morgan fingerprint density at radius 3 is 2.46 bits per heavy atom. The van der Waals surface area contributed by atoms with Crippen molar-refractivity contribution in [3.8, 4) is 0 Å². The molecule has 1 saturated carbocycles. The topological polar surface area (TPSA) is 49.4 Å². The zero-order chi connectivity index (χ0) is 17.5. The lowest BCUT2D eigenvalue weighted by atomic mass is 9.65. The standard InChI is InChI=1S/C20H28N2O2/c1-5-14-6-8-15(9-7-14)21-17(23)18(24)22-13-20(4)11-16(22)10-19(2,3)12-20/h6-9,16H,5,10-13H2,1-4H3,(H,21,23). The van der Waals surface area contributed by atoms with Crippen LogP contribution in [-0.4, -0.2) is 29.3 Å². The van der Waals surface area contributed by atoms with Gasteiger partial charge in [-0.15, -0.1) is 0 Å². The molecule has 2 atom stereocenters. The van der Waals surface area contributed by atoms with Crippen LogP contribution >= 0.6 is 0 Å². The Balaban J connectivity index is 1.69. The smallest absolute Gasteiger partial charge is 0.313 e. The van der Waals surface area contributed by atoms with Crippen LogP contribution in [0.4, 0.5) is 5.69 Å². The van der Waals surface area contributed by atoms with Crippen LogP contribution in [0.1, 0.15) is 52.5 Å². The van der Waals surface area contributed by atoms with Crippen LogP contribution in [0.25, 0.3) is 0 Å². The van der Waals surface area contributed by atoms with Gasteiger partial charge in [-0.05, 0) is 54.2 Å². The van der Waals surface area contributed by atoms with Crippen molar-refractivity contribution >= 4 is 17.5 Å². The maximum atomic E-state index is 12.7. The van der Waals surface area contributed by atoms with E-state index in [1.54, 1.807) is 0 Å². The van der Waals surface area contributed by atoms with Gasteiger partial charge in [-0.1, -0.05) is 39.8 Å². The second-order valence-electron chi connectivity index (χ2n) is 8.65. The van der Waals surface area contributed by atoms with Gasteiger partial charge in [0.15, 0.2) is 0 Å². The zero-order valence-corrected chi connectivity index (χ0v) is 15.2. The van der Waals surface area contributed by atoms with Crippen LogP contribution in [0.3, 0.4) is 0 Å². The summed E-state index contributed by atoms with van der Waals surface area (Å²) >= 11 is 0. The number of nitrogens with zero attached hydrogens (tertiary/aromatic N) is 1. The van der Waals surface area contributed by atoms with Gasteiger partial charge < -0.3 is 10.2 Å². The third-order valence-corrected chi connectivity index (χ3v) is 5.49. The molecular weight excluding hydrogens is 300 g/mol. The molecule has 1 aliphatic heterocycles. The Labute approximate surface area is 144 Å². The number of fused-ring (bicyclic) bond motifs is 2. The van der Waals surface area contributed by atoms with Crippen LogP contribution in [-0.2, 0) is 16.0 Å². The number of hydrogen-bond acceptors (Lipinski definition) is 2. The maximum Gasteiger partial charge on any atom is 0.313 e. The van der Waals surface area contributed by atoms with E-state index >= 15 is 0 Å². The fourth-order valence-corrected chi connectivity index (χ4v) is 4.84. The van der Waals surface area contributed by atoms with E-state index in [0.29, 0.717) is 12.2 Å². The summed E-state index contributed by atoms with van der Waals surface area (Å²) in [7, 11) is 0. The Bertz CT molecular complexity index is 650. The number of carbonyl (C=O) groups excluding carboxylic acids is 2. The molecule has 4 heteroatoms. The lowest BCUT2D eigenvalue weighted by Crippen LogP contribution is -2.43. The van der Waals surface area contributed by atoms with Crippen molar-refractivity contribution in [2.45, 2.75) is 59.4 Å². The summed E-state index contributed by atoms with van der Waals surface area (Å²) < 4.78 is 0. The molecule has 0 radical (unpaired) electrons. The molecule has 24 heavy (non-hydrogen) atoms. The number of carbonyl (C=O) groups is 2. The van der Waals surface area contributed by atoms with E-state index in [0.717, 1.165) is 25.7 Å². The minimum atomic E-state index is -0.520.